The lowest BCUT2D eigenvalue weighted by Crippen LogP contribution is -2.27. The van der Waals surface area contributed by atoms with Crippen molar-refractivity contribution in [1.29, 1.82) is 0 Å². The summed E-state index contributed by atoms with van der Waals surface area (Å²) in [6.45, 7) is 4.04. The summed E-state index contributed by atoms with van der Waals surface area (Å²) in [6, 6.07) is 8.02. The summed E-state index contributed by atoms with van der Waals surface area (Å²) in [5, 5.41) is 7.06. The van der Waals surface area contributed by atoms with E-state index in [0.717, 1.165) is 42.5 Å². The van der Waals surface area contributed by atoms with Crippen LogP contribution in [0.15, 0.2) is 28.8 Å². The Kier molecular flexibility index (Phi) is 3.78. The number of aromatic nitrogens is 1. The van der Waals surface area contributed by atoms with Gasteiger partial charge < -0.3 is 9.84 Å². The van der Waals surface area contributed by atoms with Gasteiger partial charge in [-0.2, -0.15) is 0 Å². The second-order valence-corrected chi connectivity index (χ2v) is 5.70. The summed E-state index contributed by atoms with van der Waals surface area (Å²) >= 11 is 0. The third kappa shape index (κ3) is 2.71. The van der Waals surface area contributed by atoms with Crippen molar-refractivity contribution in [1.82, 2.24) is 10.5 Å². The summed E-state index contributed by atoms with van der Waals surface area (Å²) in [4.78, 5) is 12.4. The molecule has 110 valence electrons. The van der Waals surface area contributed by atoms with Gasteiger partial charge in [-0.05, 0) is 50.7 Å². The third-order valence-electron chi connectivity index (χ3n) is 4.17. The van der Waals surface area contributed by atoms with Crippen LogP contribution >= 0.6 is 0 Å². The van der Waals surface area contributed by atoms with E-state index in [-0.39, 0.29) is 11.9 Å². The molecule has 4 nitrogen and oxygen atoms in total. The van der Waals surface area contributed by atoms with Gasteiger partial charge >= 0.3 is 0 Å². The maximum absolute atomic E-state index is 12.4. The fraction of sp³-hybridized carbons (Fsp3) is 0.412. The van der Waals surface area contributed by atoms with E-state index in [0.29, 0.717) is 5.76 Å². The standard InChI is InChI=1S/C17H20N2O2/c1-11-7-3-4-8-13(11)12(2)18-17(20)16-14-9-5-6-10-15(14)19-21-16/h3-4,7-8,12H,5-6,9-10H2,1-2H3,(H,18,20). The van der Waals surface area contributed by atoms with Gasteiger partial charge in [0, 0.05) is 5.56 Å². The fourth-order valence-corrected chi connectivity index (χ4v) is 2.98. The molecule has 1 aliphatic carbocycles. The molecule has 1 N–H and O–H groups in total. The molecule has 0 fully saturated rings. The zero-order valence-electron chi connectivity index (χ0n) is 12.5. The Morgan fingerprint density at radius 3 is 2.86 bits per heavy atom. The molecule has 1 atom stereocenters. The fourth-order valence-electron chi connectivity index (χ4n) is 2.98. The molecule has 0 bridgehead atoms. The molecular weight excluding hydrogens is 264 g/mol. The minimum Gasteiger partial charge on any atom is -0.350 e. The van der Waals surface area contributed by atoms with Gasteiger partial charge in [-0.1, -0.05) is 29.4 Å². The minimum atomic E-state index is -0.165. The number of rotatable bonds is 3. The maximum Gasteiger partial charge on any atom is 0.290 e. The van der Waals surface area contributed by atoms with E-state index in [4.69, 9.17) is 4.52 Å². The normalized spacial score (nSPS) is 15.3. The van der Waals surface area contributed by atoms with Gasteiger partial charge in [-0.25, -0.2) is 0 Å². The Morgan fingerprint density at radius 2 is 2.05 bits per heavy atom. The average molecular weight is 284 g/mol. The highest BCUT2D eigenvalue weighted by Gasteiger charge is 2.25. The van der Waals surface area contributed by atoms with Crippen molar-refractivity contribution >= 4 is 5.91 Å². The first-order chi connectivity index (χ1) is 10.2. The summed E-state index contributed by atoms with van der Waals surface area (Å²) in [5.41, 5.74) is 4.25. The Balaban J connectivity index is 1.78. The molecular formula is C17H20N2O2. The number of benzene rings is 1. The lowest BCUT2D eigenvalue weighted by Gasteiger charge is -2.16. The smallest absolute Gasteiger partial charge is 0.290 e. The number of fused-ring (bicyclic) bond motifs is 1. The number of nitrogens with zero attached hydrogens (tertiary/aromatic N) is 1. The van der Waals surface area contributed by atoms with Crippen molar-refractivity contribution in [2.75, 3.05) is 0 Å². The number of nitrogens with one attached hydrogen (secondary N) is 1. The highest BCUT2D eigenvalue weighted by Crippen LogP contribution is 2.25. The molecule has 0 saturated carbocycles. The quantitative estimate of drug-likeness (QED) is 0.940. The molecule has 0 saturated heterocycles. The van der Waals surface area contributed by atoms with Crippen molar-refractivity contribution in [2.45, 2.75) is 45.6 Å². The number of carbonyl (C=O) groups excluding carboxylic acids is 1. The zero-order chi connectivity index (χ0) is 14.8. The molecule has 0 spiro atoms. The van der Waals surface area contributed by atoms with Gasteiger partial charge in [-0.3, -0.25) is 4.79 Å². The van der Waals surface area contributed by atoms with Crippen molar-refractivity contribution in [3.63, 3.8) is 0 Å². The number of hydrogen-bond acceptors (Lipinski definition) is 3. The molecule has 1 unspecified atom stereocenters. The molecule has 4 heteroatoms. The first-order valence-corrected chi connectivity index (χ1v) is 7.50. The third-order valence-corrected chi connectivity index (χ3v) is 4.17. The first-order valence-electron chi connectivity index (χ1n) is 7.50. The van der Waals surface area contributed by atoms with Crippen LogP contribution in [0.1, 0.15) is 58.7 Å². The topological polar surface area (TPSA) is 55.1 Å². The molecule has 1 aromatic heterocycles. The van der Waals surface area contributed by atoms with Crippen LogP contribution in [-0.4, -0.2) is 11.1 Å². The molecule has 1 heterocycles. The number of hydrogen-bond donors (Lipinski definition) is 1. The van der Waals surface area contributed by atoms with Gasteiger partial charge in [0.15, 0.2) is 0 Å². The molecule has 21 heavy (non-hydrogen) atoms. The van der Waals surface area contributed by atoms with Crippen molar-refractivity contribution in [2.24, 2.45) is 0 Å². The summed E-state index contributed by atoms with van der Waals surface area (Å²) < 4.78 is 5.28. The van der Waals surface area contributed by atoms with Gasteiger partial charge in [0.1, 0.15) is 0 Å². The van der Waals surface area contributed by atoms with E-state index in [1.54, 1.807) is 0 Å². The summed E-state index contributed by atoms with van der Waals surface area (Å²) in [5.74, 6) is 0.228. The maximum atomic E-state index is 12.4. The largest absolute Gasteiger partial charge is 0.350 e. The van der Waals surface area contributed by atoms with Gasteiger partial charge in [0.05, 0.1) is 11.7 Å². The monoisotopic (exact) mass is 284 g/mol. The number of amides is 1. The summed E-state index contributed by atoms with van der Waals surface area (Å²) in [6.07, 6.45) is 4.03. The molecule has 1 aliphatic rings. The first kappa shape index (κ1) is 13.9. The average Bonchev–Trinajstić information content (AvgIpc) is 2.91. The predicted molar refractivity (Wildman–Crippen MR) is 80.2 cm³/mol. The van der Waals surface area contributed by atoms with Gasteiger partial charge in [0.25, 0.3) is 5.91 Å². The number of aryl methyl sites for hydroxylation is 2. The highest BCUT2D eigenvalue weighted by molar-refractivity contribution is 5.93. The van der Waals surface area contributed by atoms with Crippen molar-refractivity contribution < 1.29 is 9.32 Å². The van der Waals surface area contributed by atoms with Crippen molar-refractivity contribution in [3.8, 4) is 0 Å². The molecule has 2 aromatic rings. The SMILES string of the molecule is Cc1ccccc1C(C)NC(=O)c1onc2c1CCCC2. The van der Waals surface area contributed by atoms with Crippen LogP contribution in [0.2, 0.25) is 0 Å². The lowest BCUT2D eigenvalue weighted by molar-refractivity contribution is 0.0901. The molecule has 0 radical (unpaired) electrons. The minimum absolute atomic E-state index is 0.0527. The van der Waals surface area contributed by atoms with Gasteiger partial charge in [0.2, 0.25) is 5.76 Å². The van der Waals surface area contributed by atoms with Gasteiger partial charge in [-0.15, -0.1) is 0 Å². The van der Waals surface area contributed by atoms with Crippen molar-refractivity contribution in [3.05, 3.63) is 52.4 Å². The molecule has 1 aromatic carbocycles. The van der Waals surface area contributed by atoms with E-state index >= 15 is 0 Å². The second-order valence-electron chi connectivity index (χ2n) is 5.70. The Bertz CT molecular complexity index is 661. The molecule has 1 amide bonds. The van der Waals surface area contributed by atoms with E-state index < -0.39 is 0 Å². The van der Waals surface area contributed by atoms with E-state index in [9.17, 15) is 4.79 Å². The van der Waals surface area contributed by atoms with E-state index in [1.165, 1.54) is 5.56 Å². The predicted octanol–water partition coefficient (Wildman–Crippen LogP) is 3.35. The van der Waals surface area contributed by atoms with E-state index in [2.05, 4.69) is 10.5 Å². The van der Waals surface area contributed by atoms with Crippen LogP contribution in [0.5, 0.6) is 0 Å². The molecule has 3 rings (SSSR count). The van der Waals surface area contributed by atoms with E-state index in [1.807, 2.05) is 38.1 Å². The Labute approximate surface area is 124 Å². The number of carbonyl (C=O) groups is 1. The highest BCUT2D eigenvalue weighted by atomic mass is 16.5. The lowest BCUT2D eigenvalue weighted by atomic mass is 9.95. The Morgan fingerprint density at radius 1 is 1.29 bits per heavy atom. The van der Waals surface area contributed by atoms with Crippen LogP contribution in [0, 0.1) is 6.92 Å². The zero-order valence-corrected chi connectivity index (χ0v) is 12.5. The Hall–Kier alpha value is -2.10. The van der Waals surface area contributed by atoms with Crippen LogP contribution < -0.4 is 5.32 Å². The molecule has 0 aliphatic heterocycles. The van der Waals surface area contributed by atoms with Crippen LogP contribution in [-0.2, 0) is 12.8 Å². The summed E-state index contributed by atoms with van der Waals surface area (Å²) in [7, 11) is 0. The van der Waals surface area contributed by atoms with Crippen LogP contribution in [0.3, 0.4) is 0 Å². The van der Waals surface area contributed by atoms with Crippen LogP contribution in [0.4, 0.5) is 0 Å². The second kappa shape index (κ2) is 5.72. The van der Waals surface area contributed by atoms with Crippen LogP contribution in [0.25, 0.3) is 0 Å².